The van der Waals surface area contributed by atoms with Gasteiger partial charge in [0.2, 0.25) is 0 Å². The maximum absolute atomic E-state index is 11.5. The molecule has 0 radical (unpaired) electrons. The Bertz CT molecular complexity index is 478. The maximum Gasteiger partial charge on any atom is 0.320 e. The highest BCUT2D eigenvalue weighted by Crippen LogP contribution is 2.15. The molecule has 4 nitrogen and oxygen atoms in total. The van der Waals surface area contributed by atoms with E-state index >= 15 is 0 Å². The van der Waals surface area contributed by atoms with Crippen LogP contribution in [-0.4, -0.2) is 26.2 Å². The van der Waals surface area contributed by atoms with Crippen LogP contribution < -0.4 is 0 Å². The van der Waals surface area contributed by atoms with E-state index in [1.54, 1.807) is 0 Å². The van der Waals surface area contributed by atoms with Crippen molar-refractivity contribution in [3.05, 3.63) is 40.4 Å². The number of unbranched alkanes of at least 4 members (excludes halogenated alkanes) is 1. The lowest BCUT2D eigenvalue weighted by Gasteiger charge is -2.11. The summed E-state index contributed by atoms with van der Waals surface area (Å²) in [6.45, 7) is 0. The SMILES string of the molecule is COC(=O)C(CCC/C=C/c1ccc(Br)cc1)C(=O)OC. The van der Waals surface area contributed by atoms with Crippen molar-refractivity contribution >= 4 is 33.9 Å². The van der Waals surface area contributed by atoms with Crippen LogP contribution in [0.4, 0.5) is 0 Å². The van der Waals surface area contributed by atoms with Crippen molar-refractivity contribution in [2.24, 2.45) is 5.92 Å². The highest BCUT2D eigenvalue weighted by Gasteiger charge is 2.27. The van der Waals surface area contributed by atoms with Gasteiger partial charge in [-0.3, -0.25) is 9.59 Å². The first-order valence-electron chi connectivity index (χ1n) is 6.66. The molecule has 1 rings (SSSR count). The summed E-state index contributed by atoms with van der Waals surface area (Å²) in [5.41, 5.74) is 1.11. The van der Waals surface area contributed by atoms with E-state index in [2.05, 4.69) is 25.4 Å². The lowest BCUT2D eigenvalue weighted by molar-refractivity contribution is -0.159. The van der Waals surface area contributed by atoms with E-state index in [0.29, 0.717) is 12.8 Å². The standard InChI is InChI=1S/C16H19BrO4/c1-20-15(18)14(16(19)21-2)7-5-3-4-6-12-8-10-13(17)11-9-12/h4,6,8-11,14H,3,5,7H2,1-2H3/b6-4+. The molecule has 0 N–H and O–H groups in total. The first-order chi connectivity index (χ1) is 10.1. The van der Waals surface area contributed by atoms with Crippen LogP contribution in [0.5, 0.6) is 0 Å². The molecule has 0 aromatic heterocycles. The highest BCUT2D eigenvalue weighted by atomic mass is 79.9. The average molecular weight is 355 g/mol. The first kappa shape index (κ1) is 17.4. The summed E-state index contributed by atoms with van der Waals surface area (Å²) in [5, 5.41) is 0. The maximum atomic E-state index is 11.5. The van der Waals surface area contributed by atoms with Gasteiger partial charge in [-0.05, 0) is 37.0 Å². The Kier molecular flexibility index (Phi) is 7.75. The Morgan fingerprint density at radius 2 is 1.71 bits per heavy atom. The fourth-order valence-electron chi connectivity index (χ4n) is 1.85. The van der Waals surface area contributed by atoms with Crippen molar-refractivity contribution < 1.29 is 19.1 Å². The second kappa shape index (κ2) is 9.34. The average Bonchev–Trinajstić information content (AvgIpc) is 2.51. The van der Waals surface area contributed by atoms with Gasteiger partial charge < -0.3 is 9.47 Å². The summed E-state index contributed by atoms with van der Waals surface area (Å²) < 4.78 is 10.3. The van der Waals surface area contributed by atoms with Crippen LogP contribution in [-0.2, 0) is 19.1 Å². The lowest BCUT2D eigenvalue weighted by atomic mass is 10.0. The predicted octanol–water partition coefficient (Wildman–Crippen LogP) is 3.59. The molecule has 1 aromatic carbocycles. The van der Waals surface area contributed by atoms with Gasteiger partial charge in [0.25, 0.3) is 0 Å². The molecule has 0 heterocycles. The molecule has 0 fully saturated rings. The number of methoxy groups -OCH3 is 2. The molecule has 0 amide bonds. The van der Waals surface area contributed by atoms with E-state index < -0.39 is 17.9 Å². The molecule has 0 atom stereocenters. The Morgan fingerprint density at radius 3 is 2.24 bits per heavy atom. The highest BCUT2D eigenvalue weighted by molar-refractivity contribution is 9.10. The summed E-state index contributed by atoms with van der Waals surface area (Å²) in [6.07, 6.45) is 5.94. The molecule has 1 aromatic rings. The zero-order chi connectivity index (χ0) is 15.7. The molecule has 0 aliphatic carbocycles. The van der Waals surface area contributed by atoms with Gasteiger partial charge in [0.05, 0.1) is 14.2 Å². The van der Waals surface area contributed by atoms with Gasteiger partial charge >= 0.3 is 11.9 Å². The van der Waals surface area contributed by atoms with Gasteiger partial charge in [0.1, 0.15) is 0 Å². The van der Waals surface area contributed by atoms with Crippen molar-refractivity contribution in [1.29, 1.82) is 0 Å². The number of benzene rings is 1. The van der Waals surface area contributed by atoms with E-state index in [0.717, 1.165) is 16.5 Å². The Balaban J connectivity index is 2.42. The number of rotatable bonds is 7. The molecule has 21 heavy (non-hydrogen) atoms. The molecule has 5 heteroatoms. The second-order valence-corrected chi connectivity index (χ2v) is 5.40. The lowest BCUT2D eigenvalue weighted by Crippen LogP contribution is -2.26. The minimum Gasteiger partial charge on any atom is -0.468 e. The van der Waals surface area contributed by atoms with Crippen molar-refractivity contribution in [1.82, 2.24) is 0 Å². The van der Waals surface area contributed by atoms with Crippen LogP contribution in [0.2, 0.25) is 0 Å². The molecule has 0 spiro atoms. The molecule has 0 saturated carbocycles. The smallest absolute Gasteiger partial charge is 0.320 e. The van der Waals surface area contributed by atoms with Crippen molar-refractivity contribution in [2.45, 2.75) is 19.3 Å². The number of ether oxygens (including phenoxy) is 2. The topological polar surface area (TPSA) is 52.6 Å². The molecule has 0 aliphatic heterocycles. The number of halogens is 1. The van der Waals surface area contributed by atoms with Crippen LogP contribution in [0.3, 0.4) is 0 Å². The zero-order valence-corrected chi connectivity index (χ0v) is 13.8. The van der Waals surface area contributed by atoms with E-state index in [-0.39, 0.29) is 0 Å². The Labute approximate surface area is 133 Å². The van der Waals surface area contributed by atoms with Gasteiger partial charge in [-0.1, -0.05) is 40.2 Å². The first-order valence-corrected chi connectivity index (χ1v) is 7.45. The number of allylic oxidation sites excluding steroid dienone is 1. The molecule has 0 bridgehead atoms. The number of hydrogen-bond acceptors (Lipinski definition) is 4. The van der Waals surface area contributed by atoms with Crippen molar-refractivity contribution in [3.8, 4) is 0 Å². The fourth-order valence-corrected chi connectivity index (χ4v) is 2.11. The molecular formula is C16H19BrO4. The van der Waals surface area contributed by atoms with E-state index in [1.165, 1.54) is 14.2 Å². The minimum atomic E-state index is -0.832. The van der Waals surface area contributed by atoms with Gasteiger partial charge in [-0.2, -0.15) is 0 Å². The second-order valence-electron chi connectivity index (χ2n) is 4.48. The van der Waals surface area contributed by atoms with E-state index in [4.69, 9.17) is 0 Å². The summed E-state index contributed by atoms with van der Waals surface area (Å²) in [5.74, 6) is -1.92. The normalized spacial score (nSPS) is 10.9. The quantitative estimate of drug-likeness (QED) is 0.426. The zero-order valence-electron chi connectivity index (χ0n) is 12.2. The van der Waals surface area contributed by atoms with Gasteiger partial charge in [0, 0.05) is 4.47 Å². The molecule has 0 aliphatic rings. The van der Waals surface area contributed by atoms with Crippen LogP contribution in [0, 0.1) is 5.92 Å². The third-order valence-electron chi connectivity index (χ3n) is 3.02. The van der Waals surface area contributed by atoms with Crippen molar-refractivity contribution in [2.75, 3.05) is 14.2 Å². The third-order valence-corrected chi connectivity index (χ3v) is 3.54. The van der Waals surface area contributed by atoms with Crippen LogP contribution in [0.1, 0.15) is 24.8 Å². The summed E-state index contributed by atoms with van der Waals surface area (Å²) in [6, 6.07) is 7.97. The van der Waals surface area contributed by atoms with Gasteiger partial charge in [-0.15, -0.1) is 0 Å². The number of carbonyl (C=O) groups excluding carboxylic acids is 2. The van der Waals surface area contributed by atoms with Crippen LogP contribution in [0.25, 0.3) is 6.08 Å². The monoisotopic (exact) mass is 354 g/mol. The van der Waals surface area contributed by atoms with E-state index in [1.807, 2.05) is 36.4 Å². The molecular weight excluding hydrogens is 336 g/mol. The Hall–Kier alpha value is -1.62. The van der Waals surface area contributed by atoms with Crippen LogP contribution >= 0.6 is 15.9 Å². The summed E-state index contributed by atoms with van der Waals surface area (Å²) in [7, 11) is 2.54. The van der Waals surface area contributed by atoms with E-state index in [9.17, 15) is 9.59 Å². The molecule has 114 valence electrons. The molecule has 0 saturated heterocycles. The largest absolute Gasteiger partial charge is 0.468 e. The number of carbonyl (C=O) groups is 2. The fraction of sp³-hybridized carbons (Fsp3) is 0.375. The summed E-state index contributed by atoms with van der Waals surface area (Å²) in [4.78, 5) is 23.0. The predicted molar refractivity (Wildman–Crippen MR) is 84.5 cm³/mol. The van der Waals surface area contributed by atoms with Gasteiger partial charge in [-0.25, -0.2) is 0 Å². The number of esters is 2. The van der Waals surface area contributed by atoms with Gasteiger partial charge in [0.15, 0.2) is 5.92 Å². The Morgan fingerprint density at radius 1 is 1.14 bits per heavy atom. The minimum absolute atomic E-state index is 0.421. The molecule has 0 unspecified atom stereocenters. The summed E-state index contributed by atoms with van der Waals surface area (Å²) >= 11 is 3.38. The third kappa shape index (κ3) is 6.12. The number of hydrogen-bond donors (Lipinski definition) is 0. The van der Waals surface area contributed by atoms with Crippen molar-refractivity contribution in [3.63, 3.8) is 0 Å². The van der Waals surface area contributed by atoms with Crippen LogP contribution in [0.15, 0.2) is 34.8 Å².